The molecule has 0 aliphatic rings. The summed E-state index contributed by atoms with van der Waals surface area (Å²) in [5, 5.41) is 0. The minimum atomic E-state index is 0.212. The van der Waals surface area contributed by atoms with Gasteiger partial charge in [-0.05, 0) is 37.4 Å². The van der Waals surface area contributed by atoms with E-state index >= 15 is 0 Å². The largest absolute Gasteiger partial charge is 0.496 e. The van der Waals surface area contributed by atoms with Crippen molar-refractivity contribution >= 4 is 0 Å². The zero-order chi connectivity index (χ0) is 12.5. The maximum Gasteiger partial charge on any atom is 0.122 e. The monoisotopic (exact) mass is 236 g/mol. The van der Waals surface area contributed by atoms with Gasteiger partial charge in [-0.1, -0.05) is 31.0 Å². The summed E-state index contributed by atoms with van der Waals surface area (Å²) in [6, 6.07) is 8.28. The van der Waals surface area contributed by atoms with Crippen molar-refractivity contribution in [3.8, 4) is 5.75 Å². The predicted molar refractivity (Wildman–Crippen MR) is 72.2 cm³/mol. The van der Waals surface area contributed by atoms with E-state index < -0.39 is 0 Å². The van der Waals surface area contributed by atoms with Crippen molar-refractivity contribution in [3.05, 3.63) is 29.8 Å². The molecule has 0 heterocycles. The maximum absolute atomic E-state index is 6.12. The van der Waals surface area contributed by atoms with E-state index in [1.807, 2.05) is 18.2 Å². The van der Waals surface area contributed by atoms with Crippen LogP contribution >= 0.6 is 0 Å². The number of nitrogens with two attached hydrogens (primary N) is 2. The van der Waals surface area contributed by atoms with Crippen molar-refractivity contribution in [2.24, 2.45) is 11.5 Å². The fourth-order valence-corrected chi connectivity index (χ4v) is 1.98. The van der Waals surface area contributed by atoms with E-state index in [4.69, 9.17) is 16.2 Å². The van der Waals surface area contributed by atoms with Crippen LogP contribution in [0.4, 0.5) is 0 Å². The van der Waals surface area contributed by atoms with Gasteiger partial charge in [-0.15, -0.1) is 0 Å². The van der Waals surface area contributed by atoms with Crippen molar-refractivity contribution in [3.63, 3.8) is 0 Å². The highest BCUT2D eigenvalue weighted by Crippen LogP contribution is 2.19. The molecule has 1 rings (SSSR count). The van der Waals surface area contributed by atoms with Crippen LogP contribution in [0.25, 0.3) is 0 Å². The molecule has 96 valence electrons. The van der Waals surface area contributed by atoms with Crippen molar-refractivity contribution in [2.75, 3.05) is 13.7 Å². The molecule has 17 heavy (non-hydrogen) atoms. The van der Waals surface area contributed by atoms with E-state index in [1.54, 1.807) is 7.11 Å². The molecular weight excluding hydrogens is 212 g/mol. The molecule has 1 atom stereocenters. The second-order valence-electron chi connectivity index (χ2n) is 4.41. The Morgan fingerprint density at radius 1 is 1.18 bits per heavy atom. The Kier molecular flexibility index (Phi) is 6.67. The van der Waals surface area contributed by atoms with Crippen LogP contribution in [-0.4, -0.2) is 19.7 Å². The Labute approximate surface area is 104 Å². The standard InChI is InChI=1S/C14H24N2O/c1-17-14-9-5-4-7-12(14)11-13(16)8-3-2-6-10-15/h4-5,7,9,13H,2-3,6,8,10-11,15-16H2,1H3. The number of rotatable bonds is 8. The van der Waals surface area contributed by atoms with Gasteiger partial charge in [0.1, 0.15) is 5.75 Å². The highest BCUT2D eigenvalue weighted by Gasteiger charge is 2.07. The van der Waals surface area contributed by atoms with E-state index in [9.17, 15) is 0 Å². The van der Waals surface area contributed by atoms with Crippen LogP contribution in [0.5, 0.6) is 5.75 Å². The number of methoxy groups -OCH3 is 1. The summed E-state index contributed by atoms with van der Waals surface area (Å²) < 4.78 is 5.32. The number of para-hydroxylation sites is 1. The van der Waals surface area contributed by atoms with Gasteiger partial charge in [-0.3, -0.25) is 0 Å². The first-order valence-electron chi connectivity index (χ1n) is 6.35. The van der Waals surface area contributed by atoms with Gasteiger partial charge in [-0.25, -0.2) is 0 Å². The Morgan fingerprint density at radius 3 is 2.65 bits per heavy atom. The summed E-state index contributed by atoms with van der Waals surface area (Å²) in [5.41, 5.74) is 12.8. The molecule has 0 aliphatic heterocycles. The van der Waals surface area contributed by atoms with Gasteiger partial charge in [0.2, 0.25) is 0 Å². The summed E-state index contributed by atoms with van der Waals surface area (Å²) in [4.78, 5) is 0. The Morgan fingerprint density at radius 2 is 1.94 bits per heavy atom. The van der Waals surface area contributed by atoms with E-state index in [-0.39, 0.29) is 6.04 Å². The van der Waals surface area contributed by atoms with E-state index in [2.05, 4.69) is 6.07 Å². The maximum atomic E-state index is 6.12. The lowest BCUT2D eigenvalue weighted by atomic mass is 10.0. The second kappa shape index (κ2) is 8.09. The van der Waals surface area contributed by atoms with E-state index in [1.165, 1.54) is 12.0 Å². The summed E-state index contributed by atoms with van der Waals surface area (Å²) in [5.74, 6) is 0.935. The molecule has 1 aromatic rings. The van der Waals surface area contributed by atoms with Gasteiger partial charge < -0.3 is 16.2 Å². The smallest absolute Gasteiger partial charge is 0.122 e. The number of hydrogen-bond donors (Lipinski definition) is 2. The van der Waals surface area contributed by atoms with Gasteiger partial charge in [0.25, 0.3) is 0 Å². The molecule has 0 aromatic heterocycles. The minimum absolute atomic E-state index is 0.212. The summed E-state index contributed by atoms with van der Waals surface area (Å²) in [7, 11) is 1.70. The highest BCUT2D eigenvalue weighted by atomic mass is 16.5. The molecule has 0 saturated heterocycles. The van der Waals surface area contributed by atoms with Gasteiger partial charge in [0.05, 0.1) is 7.11 Å². The molecule has 3 nitrogen and oxygen atoms in total. The van der Waals surface area contributed by atoms with E-state index in [0.717, 1.165) is 38.0 Å². The lowest BCUT2D eigenvalue weighted by molar-refractivity contribution is 0.406. The molecule has 1 unspecified atom stereocenters. The molecule has 1 aromatic carbocycles. The van der Waals surface area contributed by atoms with Gasteiger partial charge >= 0.3 is 0 Å². The van der Waals surface area contributed by atoms with Crippen LogP contribution in [0, 0.1) is 0 Å². The zero-order valence-electron chi connectivity index (χ0n) is 10.7. The van der Waals surface area contributed by atoms with Crippen LogP contribution in [0.15, 0.2) is 24.3 Å². The third-order valence-electron chi connectivity index (χ3n) is 2.95. The number of unbranched alkanes of at least 4 members (excludes halogenated alkanes) is 2. The molecule has 0 fully saturated rings. The molecule has 0 radical (unpaired) electrons. The Balaban J connectivity index is 2.36. The fourth-order valence-electron chi connectivity index (χ4n) is 1.98. The fraction of sp³-hybridized carbons (Fsp3) is 0.571. The lowest BCUT2D eigenvalue weighted by Gasteiger charge is -2.14. The van der Waals surface area contributed by atoms with Gasteiger partial charge in [0, 0.05) is 6.04 Å². The summed E-state index contributed by atoms with van der Waals surface area (Å²) >= 11 is 0. The first-order valence-corrected chi connectivity index (χ1v) is 6.35. The van der Waals surface area contributed by atoms with Crippen LogP contribution in [0.1, 0.15) is 31.2 Å². The van der Waals surface area contributed by atoms with Crippen molar-refractivity contribution in [1.82, 2.24) is 0 Å². The Bertz CT molecular complexity index is 315. The molecule has 0 aliphatic carbocycles. The Hall–Kier alpha value is -1.06. The van der Waals surface area contributed by atoms with Gasteiger partial charge in [0.15, 0.2) is 0 Å². The van der Waals surface area contributed by atoms with Crippen molar-refractivity contribution < 1.29 is 4.74 Å². The molecule has 0 bridgehead atoms. The minimum Gasteiger partial charge on any atom is -0.496 e. The number of benzene rings is 1. The van der Waals surface area contributed by atoms with Crippen LogP contribution < -0.4 is 16.2 Å². The second-order valence-corrected chi connectivity index (χ2v) is 4.41. The SMILES string of the molecule is COc1ccccc1CC(N)CCCCCN. The molecule has 3 heteroatoms. The third kappa shape index (κ3) is 5.20. The van der Waals surface area contributed by atoms with Crippen molar-refractivity contribution in [2.45, 2.75) is 38.1 Å². The number of ether oxygens (including phenoxy) is 1. The lowest BCUT2D eigenvalue weighted by Crippen LogP contribution is -2.23. The van der Waals surface area contributed by atoms with Crippen LogP contribution in [-0.2, 0) is 6.42 Å². The molecule has 0 spiro atoms. The topological polar surface area (TPSA) is 61.3 Å². The van der Waals surface area contributed by atoms with Gasteiger partial charge in [-0.2, -0.15) is 0 Å². The first kappa shape index (κ1) is 14.0. The van der Waals surface area contributed by atoms with E-state index in [0.29, 0.717) is 0 Å². The predicted octanol–water partition coefficient (Wildman–Crippen LogP) is 2.08. The quantitative estimate of drug-likeness (QED) is 0.679. The highest BCUT2D eigenvalue weighted by molar-refractivity contribution is 5.33. The average Bonchev–Trinajstić information content (AvgIpc) is 2.35. The zero-order valence-corrected chi connectivity index (χ0v) is 10.7. The average molecular weight is 236 g/mol. The summed E-state index contributed by atoms with van der Waals surface area (Å²) in [6.45, 7) is 0.780. The third-order valence-corrected chi connectivity index (χ3v) is 2.95. The molecule has 4 N–H and O–H groups in total. The molecular formula is C14H24N2O. The van der Waals surface area contributed by atoms with Crippen LogP contribution in [0.3, 0.4) is 0 Å². The van der Waals surface area contributed by atoms with Crippen LogP contribution in [0.2, 0.25) is 0 Å². The number of hydrogen-bond acceptors (Lipinski definition) is 3. The summed E-state index contributed by atoms with van der Waals surface area (Å²) in [6.07, 6.45) is 5.37. The molecule has 0 amide bonds. The molecule has 0 saturated carbocycles. The van der Waals surface area contributed by atoms with Crippen molar-refractivity contribution in [1.29, 1.82) is 0 Å². The first-order chi connectivity index (χ1) is 8.27. The normalized spacial score (nSPS) is 12.4.